The smallest absolute Gasteiger partial charge is 0.320 e. The van der Waals surface area contributed by atoms with Crippen LogP contribution < -0.4 is 5.32 Å². The SMILES string of the molecule is CC(=O)c1ccc(C2CCC(C(=O)O)NC2)cc1. The fourth-order valence-corrected chi connectivity index (χ4v) is 2.34. The number of carboxylic acid groups (broad SMARTS) is 1. The molecule has 0 bridgehead atoms. The molecule has 2 atom stereocenters. The fraction of sp³-hybridized carbons (Fsp3) is 0.429. The summed E-state index contributed by atoms with van der Waals surface area (Å²) >= 11 is 0. The molecule has 0 aromatic heterocycles. The largest absolute Gasteiger partial charge is 0.480 e. The molecular formula is C14H17NO3. The van der Waals surface area contributed by atoms with E-state index in [-0.39, 0.29) is 5.78 Å². The molecule has 1 aromatic rings. The monoisotopic (exact) mass is 247 g/mol. The predicted octanol–water partition coefficient (Wildman–Crippen LogP) is 1.81. The number of carbonyl (C=O) groups excluding carboxylic acids is 1. The van der Waals surface area contributed by atoms with Gasteiger partial charge in [0, 0.05) is 12.1 Å². The number of nitrogens with one attached hydrogen (secondary N) is 1. The van der Waals surface area contributed by atoms with Gasteiger partial charge in [-0.15, -0.1) is 0 Å². The van der Waals surface area contributed by atoms with Crippen LogP contribution in [0, 0.1) is 0 Å². The van der Waals surface area contributed by atoms with Crippen LogP contribution in [-0.4, -0.2) is 29.4 Å². The summed E-state index contributed by atoms with van der Waals surface area (Å²) in [6.45, 7) is 2.23. The lowest BCUT2D eigenvalue weighted by molar-refractivity contribution is -0.140. The maximum atomic E-state index is 11.2. The van der Waals surface area contributed by atoms with Crippen LogP contribution in [0.2, 0.25) is 0 Å². The van der Waals surface area contributed by atoms with E-state index in [2.05, 4.69) is 5.32 Å². The highest BCUT2D eigenvalue weighted by molar-refractivity contribution is 5.94. The second kappa shape index (κ2) is 5.31. The molecule has 1 fully saturated rings. The number of carboxylic acids is 1. The maximum absolute atomic E-state index is 11.2. The Labute approximate surface area is 106 Å². The van der Waals surface area contributed by atoms with E-state index in [9.17, 15) is 9.59 Å². The third-order valence-corrected chi connectivity index (χ3v) is 3.50. The Kier molecular flexibility index (Phi) is 3.77. The third kappa shape index (κ3) is 2.76. The van der Waals surface area contributed by atoms with Gasteiger partial charge in [-0.25, -0.2) is 0 Å². The van der Waals surface area contributed by atoms with Crippen molar-refractivity contribution in [3.63, 3.8) is 0 Å². The summed E-state index contributed by atoms with van der Waals surface area (Å²) in [5, 5.41) is 11.9. The Morgan fingerprint density at radius 2 is 1.89 bits per heavy atom. The zero-order valence-electron chi connectivity index (χ0n) is 10.3. The van der Waals surface area contributed by atoms with Crippen LogP contribution in [0.4, 0.5) is 0 Å². The van der Waals surface area contributed by atoms with Crippen LogP contribution >= 0.6 is 0 Å². The summed E-state index contributed by atoms with van der Waals surface area (Å²) in [5.74, 6) is -0.378. The van der Waals surface area contributed by atoms with E-state index in [1.165, 1.54) is 0 Å². The number of piperidine rings is 1. The van der Waals surface area contributed by atoms with Gasteiger partial charge in [-0.05, 0) is 31.2 Å². The van der Waals surface area contributed by atoms with Crippen LogP contribution in [0.3, 0.4) is 0 Å². The highest BCUT2D eigenvalue weighted by atomic mass is 16.4. The Hall–Kier alpha value is -1.68. The Morgan fingerprint density at radius 1 is 1.22 bits per heavy atom. The first kappa shape index (κ1) is 12.8. The molecule has 0 radical (unpaired) electrons. The molecule has 18 heavy (non-hydrogen) atoms. The Balaban J connectivity index is 2.01. The third-order valence-electron chi connectivity index (χ3n) is 3.50. The molecule has 4 heteroatoms. The maximum Gasteiger partial charge on any atom is 0.320 e. The molecule has 4 nitrogen and oxygen atoms in total. The molecule has 96 valence electrons. The Bertz CT molecular complexity index is 445. The molecule has 1 aromatic carbocycles. The van der Waals surface area contributed by atoms with Gasteiger partial charge in [-0.3, -0.25) is 9.59 Å². The highest BCUT2D eigenvalue weighted by Crippen LogP contribution is 2.25. The number of aliphatic carboxylic acids is 1. The number of Topliss-reactive ketones (excluding diaryl/α,β-unsaturated/α-hetero) is 1. The fourth-order valence-electron chi connectivity index (χ4n) is 2.34. The number of hydrogen-bond acceptors (Lipinski definition) is 3. The van der Waals surface area contributed by atoms with Crippen molar-refractivity contribution in [1.29, 1.82) is 0 Å². The Morgan fingerprint density at radius 3 is 2.33 bits per heavy atom. The van der Waals surface area contributed by atoms with Gasteiger partial charge in [-0.1, -0.05) is 24.3 Å². The van der Waals surface area contributed by atoms with E-state index in [0.29, 0.717) is 24.4 Å². The van der Waals surface area contributed by atoms with Crippen LogP contribution in [-0.2, 0) is 4.79 Å². The van der Waals surface area contributed by atoms with Gasteiger partial charge < -0.3 is 10.4 Å². The quantitative estimate of drug-likeness (QED) is 0.799. The van der Waals surface area contributed by atoms with Gasteiger partial charge >= 0.3 is 5.97 Å². The van der Waals surface area contributed by atoms with Crippen LogP contribution in [0.1, 0.15) is 41.6 Å². The van der Waals surface area contributed by atoms with Crippen molar-refractivity contribution >= 4 is 11.8 Å². The van der Waals surface area contributed by atoms with Gasteiger partial charge in [0.05, 0.1) is 0 Å². The van der Waals surface area contributed by atoms with E-state index in [1.54, 1.807) is 6.92 Å². The predicted molar refractivity (Wildman–Crippen MR) is 67.8 cm³/mol. The first-order valence-electron chi connectivity index (χ1n) is 6.15. The van der Waals surface area contributed by atoms with Crippen molar-refractivity contribution in [2.45, 2.75) is 31.7 Å². The van der Waals surface area contributed by atoms with Gasteiger partial charge in [0.25, 0.3) is 0 Å². The molecule has 1 aliphatic rings. The normalized spacial score (nSPS) is 23.6. The number of carbonyl (C=O) groups is 2. The second-order valence-corrected chi connectivity index (χ2v) is 4.75. The lowest BCUT2D eigenvalue weighted by atomic mass is 9.88. The average molecular weight is 247 g/mol. The lowest BCUT2D eigenvalue weighted by Gasteiger charge is -2.27. The number of ketones is 1. The van der Waals surface area contributed by atoms with Gasteiger partial charge in [0.2, 0.25) is 0 Å². The molecule has 2 unspecified atom stereocenters. The molecule has 1 aliphatic heterocycles. The van der Waals surface area contributed by atoms with Crippen LogP contribution in [0.15, 0.2) is 24.3 Å². The molecule has 0 aliphatic carbocycles. The number of benzene rings is 1. The van der Waals surface area contributed by atoms with E-state index >= 15 is 0 Å². The van der Waals surface area contributed by atoms with Gasteiger partial charge in [-0.2, -0.15) is 0 Å². The molecular weight excluding hydrogens is 230 g/mol. The minimum absolute atomic E-state index is 0.0641. The summed E-state index contributed by atoms with van der Waals surface area (Å²) in [7, 11) is 0. The van der Waals surface area contributed by atoms with Crippen molar-refractivity contribution < 1.29 is 14.7 Å². The van der Waals surface area contributed by atoms with E-state index in [0.717, 1.165) is 12.0 Å². The van der Waals surface area contributed by atoms with E-state index in [1.807, 2.05) is 24.3 Å². The minimum Gasteiger partial charge on any atom is -0.480 e. The average Bonchev–Trinajstić information content (AvgIpc) is 2.39. The molecule has 0 spiro atoms. The molecule has 0 saturated carbocycles. The molecule has 2 rings (SSSR count). The van der Waals surface area contributed by atoms with E-state index < -0.39 is 12.0 Å². The van der Waals surface area contributed by atoms with Crippen molar-refractivity contribution in [2.24, 2.45) is 0 Å². The van der Waals surface area contributed by atoms with Crippen LogP contribution in [0.5, 0.6) is 0 Å². The van der Waals surface area contributed by atoms with Gasteiger partial charge in [0.15, 0.2) is 5.78 Å². The molecule has 1 heterocycles. The molecule has 1 saturated heterocycles. The summed E-state index contributed by atoms with van der Waals surface area (Å²) < 4.78 is 0. The standard InChI is InChI=1S/C14H17NO3/c1-9(16)10-2-4-11(5-3-10)12-6-7-13(14(17)18)15-8-12/h2-5,12-13,15H,6-8H2,1H3,(H,17,18). The topological polar surface area (TPSA) is 66.4 Å². The number of rotatable bonds is 3. The summed E-state index contributed by atoms with van der Waals surface area (Å²) in [6, 6.07) is 7.17. The van der Waals surface area contributed by atoms with E-state index in [4.69, 9.17) is 5.11 Å². The summed E-state index contributed by atoms with van der Waals surface area (Å²) in [5.41, 5.74) is 1.88. The first-order chi connectivity index (χ1) is 8.58. The van der Waals surface area contributed by atoms with Crippen molar-refractivity contribution in [3.05, 3.63) is 35.4 Å². The highest BCUT2D eigenvalue weighted by Gasteiger charge is 2.25. The molecule has 2 N–H and O–H groups in total. The second-order valence-electron chi connectivity index (χ2n) is 4.75. The lowest BCUT2D eigenvalue weighted by Crippen LogP contribution is -2.43. The summed E-state index contributed by atoms with van der Waals surface area (Å²) in [4.78, 5) is 22.0. The minimum atomic E-state index is -0.777. The van der Waals surface area contributed by atoms with Crippen molar-refractivity contribution in [1.82, 2.24) is 5.32 Å². The zero-order valence-corrected chi connectivity index (χ0v) is 10.3. The first-order valence-corrected chi connectivity index (χ1v) is 6.15. The zero-order chi connectivity index (χ0) is 13.1. The molecule has 0 amide bonds. The number of hydrogen-bond donors (Lipinski definition) is 2. The van der Waals surface area contributed by atoms with Crippen LogP contribution in [0.25, 0.3) is 0 Å². The van der Waals surface area contributed by atoms with Crippen molar-refractivity contribution in [2.75, 3.05) is 6.54 Å². The van der Waals surface area contributed by atoms with Gasteiger partial charge in [0.1, 0.15) is 6.04 Å². The summed E-state index contributed by atoms with van der Waals surface area (Å²) in [6.07, 6.45) is 1.51. The van der Waals surface area contributed by atoms with Crippen molar-refractivity contribution in [3.8, 4) is 0 Å².